The lowest BCUT2D eigenvalue weighted by atomic mass is 10.1. The molecule has 0 saturated heterocycles. The maximum Gasteiger partial charge on any atom is 0.192 e. The van der Waals surface area contributed by atoms with Crippen LogP contribution in [0.3, 0.4) is 0 Å². The van der Waals surface area contributed by atoms with Crippen LogP contribution in [0.2, 0.25) is 0 Å². The van der Waals surface area contributed by atoms with Crippen LogP contribution < -0.4 is 5.73 Å². The minimum Gasteiger partial charge on any atom is -0.409 e. The Kier molecular flexibility index (Phi) is 4.01. The van der Waals surface area contributed by atoms with Crippen LogP contribution in [0.15, 0.2) is 45.8 Å². The quantitative estimate of drug-likeness (QED) is 0.295. The molecule has 0 aliphatic carbocycles. The number of nitrogens with zero attached hydrogens (tertiary/aromatic N) is 3. The highest BCUT2D eigenvalue weighted by Gasteiger charge is 2.10. The number of oxime groups is 1. The fourth-order valence-corrected chi connectivity index (χ4v) is 2.34. The largest absolute Gasteiger partial charge is 0.409 e. The molecule has 19 heavy (non-hydrogen) atoms. The van der Waals surface area contributed by atoms with Crippen molar-refractivity contribution < 1.29 is 5.21 Å². The first-order chi connectivity index (χ1) is 9.10. The summed E-state index contributed by atoms with van der Waals surface area (Å²) in [5, 5.41) is 12.5. The van der Waals surface area contributed by atoms with E-state index in [1.165, 1.54) is 11.8 Å². The van der Waals surface area contributed by atoms with Crippen LogP contribution in [0.25, 0.3) is 0 Å². The maximum atomic E-state index is 8.83. The van der Waals surface area contributed by atoms with Crippen molar-refractivity contribution in [3.63, 3.8) is 0 Å². The Balaban J connectivity index is 2.37. The lowest BCUT2D eigenvalue weighted by Gasteiger charge is -2.08. The summed E-state index contributed by atoms with van der Waals surface area (Å²) >= 11 is 1.38. The van der Waals surface area contributed by atoms with Gasteiger partial charge < -0.3 is 10.9 Å². The average molecular weight is 274 g/mol. The summed E-state index contributed by atoms with van der Waals surface area (Å²) in [5.74, 6) is 0.0818. The van der Waals surface area contributed by atoms with Crippen LogP contribution in [0, 0.1) is 13.8 Å². The molecule has 0 bridgehead atoms. The summed E-state index contributed by atoms with van der Waals surface area (Å²) in [7, 11) is 0. The molecule has 0 amide bonds. The smallest absolute Gasteiger partial charge is 0.192 e. The third-order valence-electron chi connectivity index (χ3n) is 2.48. The molecule has 0 fully saturated rings. The van der Waals surface area contributed by atoms with Gasteiger partial charge in [-0.3, -0.25) is 0 Å². The fraction of sp³-hybridized carbons (Fsp3) is 0.154. The zero-order valence-corrected chi connectivity index (χ0v) is 11.5. The van der Waals surface area contributed by atoms with Gasteiger partial charge in [0.2, 0.25) is 0 Å². The topological polar surface area (TPSA) is 84.4 Å². The predicted molar refractivity (Wildman–Crippen MR) is 74.6 cm³/mol. The molecule has 1 aromatic carbocycles. The molecule has 2 aromatic rings. The van der Waals surface area contributed by atoms with Crippen LogP contribution in [-0.4, -0.2) is 21.0 Å². The number of amidine groups is 1. The van der Waals surface area contributed by atoms with Gasteiger partial charge in [-0.15, -0.1) is 0 Å². The Hall–Kier alpha value is -2.08. The fourth-order valence-electron chi connectivity index (χ4n) is 1.52. The molecular weight excluding hydrogens is 260 g/mol. The molecule has 1 aromatic heterocycles. The van der Waals surface area contributed by atoms with E-state index in [4.69, 9.17) is 10.9 Å². The van der Waals surface area contributed by atoms with Crippen molar-refractivity contribution in [1.29, 1.82) is 0 Å². The summed E-state index contributed by atoms with van der Waals surface area (Å²) in [6, 6.07) is 5.74. The average Bonchev–Trinajstić information content (AvgIpc) is 2.42. The van der Waals surface area contributed by atoms with Gasteiger partial charge in [-0.2, -0.15) is 0 Å². The lowest BCUT2D eigenvalue weighted by molar-refractivity contribution is 0.318. The maximum absolute atomic E-state index is 8.83. The van der Waals surface area contributed by atoms with Crippen LogP contribution in [0.5, 0.6) is 0 Å². The lowest BCUT2D eigenvalue weighted by Crippen LogP contribution is -2.14. The van der Waals surface area contributed by atoms with Crippen molar-refractivity contribution >= 4 is 17.6 Å². The summed E-state index contributed by atoms with van der Waals surface area (Å²) in [6.45, 7) is 3.88. The standard InChI is InChI=1S/C13H14N4OS/c1-8-3-4-11(10(5-8)12(14)17-18)19-13-15-6-9(2)7-16-13/h3-7,18H,1-2H3,(H2,14,17). The van der Waals surface area contributed by atoms with Gasteiger partial charge in [0.25, 0.3) is 0 Å². The Morgan fingerprint density at radius 2 is 1.89 bits per heavy atom. The minimum absolute atomic E-state index is 0.0818. The van der Waals surface area contributed by atoms with Gasteiger partial charge >= 0.3 is 0 Å². The van der Waals surface area contributed by atoms with E-state index in [1.807, 2.05) is 32.0 Å². The number of hydrogen-bond donors (Lipinski definition) is 2. The minimum atomic E-state index is 0.0818. The Labute approximate surface area is 115 Å². The Morgan fingerprint density at radius 3 is 2.53 bits per heavy atom. The highest BCUT2D eigenvalue weighted by Crippen LogP contribution is 2.28. The number of hydrogen-bond acceptors (Lipinski definition) is 5. The molecule has 0 saturated carbocycles. The second-order valence-electron chi connectivity index (χ2n) is 4.13. The first kappa shape index (κ1) is 13.4. The molecular formula is C13H14N4OS. The van der Waals surface area contributed by atoms with Gasteiger partial charge in [0.05, 0.1) is 0 Å². The Morgan fingerprint density at radius 1 is 1.21 bits per heavy atom. The van der Waals surface area contributed by atoms with Gasteiger partial charge in [0.1, 0.15) is 0 Å². The molecule has 1 heterocycles. The Bertz CT molecular complexity index is 611. The molecule has 0 spiro atoms. The van der Waals surface area contributed by atoms with Crippen molar-refractivity contribution in [3.8, 4) is 0 Å². The van der Waals surface area contributed by atoms with Crippen LogP contribution in [-0.2, 0) is 0 Å². The van der Waals surface area contributed by atoms with E-state index in [0.29, 0.717) is 10.7 Å². The second-order valence-corrected chi connectivity index (χ2v) is 5.14. The van der Waals surface area contributed by atoms with Crippen molar-refractivity contribution in [3.05, 3.63) is 47.3 Å². The van der Waals surface area contributed by atoms with Gasteiger partial charge in [-0.1, -0.05) is 16.8 Å². The summed E-state index contributed by atoms with van der Waals surface area (Å²) in [6.07, 6.45) is 3.51. The molecule has 0 atom stereocenters. The molecule has 0 unspecified atom stereocenters. The highest BCUT2D eigenvalue weighted by molar-refractivity contribution is 7.99. The van der Waals surface area contributed by atoms with E-state index < -0.39 is 0 Å². The van der Waals surface area contributed by atoms with Gasteiger partial charge in [0, 0.05) is 22.9 Å². The van der Waals surface area contributed by atoms with E-state index in [9.17, 15) is 0 Å². The van der Waals surface area contributed by atoms with Crippen molar-refractivity contribution in [1.82, 2.24) is 9.97 Å². The SMILES string of the molecule is Cc1cnc(Sc2ccc(C)cc2/C(N)=N/O)nc1. The van der Waals surface area contributed by atoms with E-state index in [1.54, 1.807) is 12.4 Å². The normalized spacial score (nSPS) is 11.6. The van der Waals surface area contributed by atoms with E-state index in [2.05, 4.69) is 15.1 Å². The predicted octanol–water partition coefficient (Wildman–Crippen LogP) is 2.34. The zero-order valence-electron chi connectivity index (χ0n) is 10.7. The third kappa shape index (κ3) is 3.23. The van der Waals surface area contributed by atoms with Crippen molar-refractivity contribution in [2.75, 3.05) is 0 Å². The van der Waals surface area contributed by atoms with E-state index in [0.717, 1.165) is 16.0 Å². The summed E-state index contributed by atoms with van der Waals surface area (Å²) in [4.78, 5) is 9.31. The summed E-state index contributed by atoms with van der Waals surface area (Å²) < 4.78 is 0. The highest BCUT2D eigenvalue weighted by atomic mass is 32.2. The first-order valence-electron chi connectivity index (χ1n) is 5.65. The second kappa shape index (κ2) is 5.71. The van der Waals surface area contributed by atoms with E-state index in [-0.39, 0.29) is 5.84 Å². The van der Waals surface area contributed by atoms with Gasteiger partial charge in [-0.05, 0) is 43.3 Å². The molecule has 0 aliphatic heterocycles. The number of aromatic nitrogens is 2. The van der Waals surface area contributed by atoms with Crippen LogP contribution in [0.4, 0.5) is 0 Å². The zero-order chi connectivity index (χ0) is 13.8. The summed E-state index contributed by atoms with van der Waals surface area (Å²) in [5.41, 5.74) is 8.41. The van der Waals surface area contributed by atoms with Gasteiger partial charge in [-0.25, -0.2) is 9.97 Å². The molecule has 0 aliphatic rings. The molecule has 0 radical (unpaired) electrons. The molecule has 5 nitrogen and oxygen atoms in total. The van der Waals surface area contributed by atoms with Crippen LogP contribution >= 0.6 is 11.8 Å². The van der Waals surface area contributed by atoms with Crippen molar-refractivity contribution in [2.45, 2.75) is 23.9 Å². The molecule has 2 rings (SSSR count). The van der Waals surface area contributed by atoms with Crippen molar-refractivity contribution in [2.24, 2.45) is 10.9 Å². The number of aryl methyl sites for hydroxylation is 2. The van der Waals surface area contributed by atoms with Gasteiger partial charge in [0.15, 0.2) is 11.0 Å². The molecule has 98 valence electrons. The monoisotopic (exact) mass is 274 g/mol. The van der Waals surface area contributed by atoms with Crippen LogP contribution in [0.1, 0.15) is 16.7 Å². The molecule has 3 N–H and O–H groups in total. The third-order valence-corrected chi connectivity index (χ3v) is 3.45. The number of benzene rings is 1. The first-order valence-corrected chi connectivity index (χ1v) is 6.47. The number of rotatable bonds is 3. The number of nitrogens with two attached hydrogens (primary N) is 1. The van der Waals surface area contributed by atoms with E-state index >= 15 is 0 Å². The molecule has 6 heteroatoms.